The Morgan fingerprint density at radius 3 is 2.19 bits per heavy atom. The molecule has 6 nitrogen and oxygen atoms in total. The van der Waals surface area contributed by atoms with Gasteiger partial charge in [0.2, 0.25) is 0 Å². The van der Waals surface area contributed by atoms with Gasteiger partial charge >= 0.3 is 13.6 Å². The summed E-state index contributed by atoms with van der Waals surface area (Å²) in [6.45, 7) is 5.81. The summed E-state index contributed by atoms with van der Waals surface area (Å²) in [5, 5.41) is 12.1. The van der Waals surface area contributed by atoms with Gasteiger partial charge in [-0.1, -0.05) is 29.8 Å². The molecule has 0 aliphatic rings. The Hall–Kier alpha value is -1.20. The van der Waals surface area contributed by atoms with Gasteiger partial charge in [0.25, 0.3) is 0 Å². The molecular weight excluding hydrogens is 293 g/mol. The summed E-state index contributed by atoms with van der Waals surface area (Å²) in [7, 11) is -3.32. The van der Waals surface area contributed by atoms with Crippen LogP contribution in [0.3, 0.4) is 0 Å². The lowest BCUT2D eigenvalue weighted by atomic mass is 10.1. The van der Waals surface area contributed by atoms with Gasteiger partial charge in [-0.25, -0.2) is 0 Å². The van der Waals surface area contributed by atoms with Gasteiger partial charge in [-0.2, -0.15) is 0 Å². The van der Waals surface area contributed by atoms with Crippen LogP contribution >= 0.6 is 7.60 Å². The number of aliphatic carboxylic acids is 1. The summed E-state index contributed by atoms with van der Waals surface area (Å²) in [5.74, 6) is -1.04. The Morgan fingerprint density at radius 2 is 1.76 bits per heavy atom. The van der Waals surface area contributed by atoms with Crippen LogP contribution in [0.1, 0.15) is 31.0 Å². The van der Waals surface area contributed by atoms with Crippen molar-refractivity contribution in [2.45, 2.75) is 26.8 Å². The van der Waals surface area contributed by atoms with E-state index in [1.54, 1.807) is 26.0 Å². The minimum Gasteiger partial charge on any atom is -0.480 e. The first-order chi connectivity index (χ1) is 9.91. The van der Waals surface area contributed by atoms with E-state index >= 15 is 0 Å². The van der Waals surface area contributed by atoms with E-state index in [2.05, 4.69) is 5.32 Å². The van der Waals surface area contributed by atoms with Crippen LogP contribution in [0.15, 0.2) is 24.3 Å². The first-order valence-corrected chi connectivity index (χ1v) is 8.55. The standard InChI is InChI=1S/C14H22NO5P/c1-4-19-21(18,20-5-2)10-15-13(14(16)17)12-8-6-11(3)7-9-12/h6-9,13,15H,4-5,10H2,1-3H3,(H,16,17). The fourth-order valence-corrected chi connectivity index (χ4v) is 3.28. The third-order valence-electron chi connectivity index (χ3n) is 2.80. The maximum absolute atomic E-state index is 12.3. The van der Waals surface area contributed by atoms with Crippen molar-refractivity contribution in [2.24, 2.45) is 0 Å². The fourth-order valence-electron chi connectivity index (χ4n) is 1.83. The second-order valence-corrected chi connectivity index (χ2v) is 6.55. The summed E-state index contributed by atoms with van der Waals surface area (Å²) < 4.78 is 22.6. The van der Waals surface area contributed by atoms with E-state index in [-0.39, 0.29) is 19.5 Å². The van der Waals surface area contributed by atoms with Gasteiger partial charge in [0.05, 0.1) is 19.5 Å². The molecule has 0 saturated carbocycles. The van der Waals surface area contributed by atoms with Crippen molar-refractivity contribution in [1.29, 1.82) is 0 Å². The number of aryl methyl sites for hydroxylation is 1. The number of carboxylic acids is 1. The second kappa shape index (κ2) is 8.29. The molecule has 0 aliphatic carbocycles. The van der Waals surface area contributed by atoms with Crippen molar-refractivity contribution < 1.29 is 23.5 Å². The normalized spacial score (nSPS) is 13.1. The molecule has 1 aromatic rings. The van der Waals surface area contributed by atoms with Crippen LogP contribution < -0.4 is 5.32 Å². The molecule has 0 bridgehead atoms. The molecular formula is C14H22NO5P. The molecule has 7 heteroatoms. The number of hydrogen-bond donors (Lipinski definition) is 2. The van der Waals surface area contributed by atoms with Crippen molar-refractivity contribution in [2.75, 3.05) is 19.5 Å². The molecule has 0 spiro atoms. The monoisotopic (exact) mass is 315 g/mol. The zero-order chi connectivity index (χ0) is 15.9. The number of carbonyl (C=O) groups is 1. The van der Waals surface area contributed by atoms with Gasteiger partial charge < -0.3 is 14.2 Å². The molecule has 1 unspecified atom stereocenters. The molecule has 0 saturated heterocycles. The second-order valence-electron chi connectivity index (χ2n) is 4.49. The van der Waals surface area contributed by atoms with Crippen LogP contribution in [0.4, 0.5) is 0 Å². The molecule has 1 rings (SSSR count). The number of benzene rings is 1. The lowest BCUT2D eigenvalue weighted by molar-refractivity contribution is -0.139. The lowest BCUT2D eigenvalue weighted by Crippen LogP contribution is -2.30. The number of rotatable bonds is 9. The topological polar surface area (TPSA) is 84.9 Å². The molecule has 0 fully saturated rings. The van der Waals surface area contributed by atoms with Gasteiger partial charge in [-0.3, -0.25) is 14.7 Å². The van der Waals surface area contributed by atoms with Crippen molar-refractivity contribution in [3.63, 3.8) is 0 Å². The Labute approximate surface area is 125 Å². The molecule has 1 atom stereocenters. The van der Waals surface area contributed by atoms with Crippen LogP contribution in [0.2, 0.25) is 0 Å². The van der Waals surface area contributed by atoms with Crippen LogP contribution in [0.5, 0.6) is 0 Å². The van der Waals surface area contributed by atoms with Crippen LogP contribution in [0.25, 0.3) is 0 Å². The highest BCUT2D eigenvalue weighted by atomic mass is 31.2. The molecule has 0 radical (unpaired) electrons. The van der Waals surface area contributed by atoms with Gasteiger partial charge in [0, 0.05) is 0 Å². The maximum atomic E-state index is 12.3. The SMILES string of the molecule is CCOP(=O)(CNC(C(=O)O)c1ccc(C)cc1)OCC. The van der Waals surface area contributed by atoms with E-state index in [1.165, 1.54) is 0 Å². The highest BCUT2D eigenvalue weighted by Gasteiger charge is 2.27. The Bertz CT molecular complexity index is 493. The average Bonchev–Trinajstić information content (AvgIpc) is 2.41. The summed E-state index contributed by atoms with van der Waals surface area (Å²) in [6.07, 6.45) is -0.153. The van der Waals surface area contributed by atoms with E-state index in [9.17, 15) is 14.5 Å². The van der Waals surface area contributed by atoms with Crippen LogP contribution in [-0.4, -0.2) is 30.6 Å². The lowest BCUT2D eigenvalue weighted by Gasteiger charge is -2.21. The van der Waals surface area contributed by atoms with Crippen LogP contribution in [0, 0.1) is 6.92 Å². The summed E-state index contributed by atoms with van der Waals surface area (Å²) in [4.78, 5) is 11.4. The number of hydrogen-bond acceptors (Lipinski definition) is 5. The summed E-state index contributed by atoms with van der Waals surface area (Å²) >= 11 is 0. The molecule has 118 valence electrons. The molecule has 0 amide bonds. The minimum atomic E-state index is -3.32. The van der Waals surface area contributed by atoms with E-state index in [1.807, 2.05) is 19.1 Å². The van der Waals surface area contributed by atoms with E-state index in [0.29, 0.717) is 5.56 Å². The largest absolute Gasteiger partial charge is 0.480 e. The molecule has 0 heterocycles. The van der Waals surface area contributed by atoms with E-state index < -0.39 is 19.6 Å². The van der Waals surface area contributed by atoms with Gasteiger partial charge in [0.15, 0.2) is 0 Å². The quantitative estimate of drug-likeness (QED) is 0.682. The molecule has 21 heavy (non-hydrogen) atoms. The number of nitrogens with one attached hydrogen (secondary N) is 1. The minimum absolute atomic E-state index is 0.153. The highest BCUT2D eigenvalue weighted by Crippen LogP contribution is 2.47. The predicted molar refractivity (Wildman–Crippen MR) is 80.4 cm³/mol. The smallest absolute Gasteiger partial charge is 0.344 e. The highest BCUT2D eigenvalue weighted by molar-refractivity contribution is 7.53. The predicted octanol–water partition coefficient (Wildman–Crippen LogP) is 2.93. The van der Waals surface area contributed by atoms with Gasteiger partial charge in [-0.15, -0.1) is 0 Å². The Morgan fingerprint density at radius 1 is 1.24 bits per heavy atom. The van der Waals surface area contributed by atoms with Crippen molar-refractivity contribution in [3.05, 3.63) is 35.4 Å². The van der Waals surface area contributed by atoms with Gasteiger partial charge in [-0.05, 0) is 26.3 Å². The van der Waals surface area contributed by atoms with Crippen molar-refractivity contribution in [1.82, 2.24) is 5.32 Å². The van der Waals surface area contributed by atoms with Crippen molar-refractivity contribution >= 4 is 13.6 Å². The summed E-state index contributed by atoms with van der Waals surface area (Å²) in [5.41, 5.74) is 1.63. The zero-order valence-electron chi connectivity index (χ0n) is 12.5. The maximum Gasteiger partial charge on any atom is 0.344 e. The molecule has 1 aromatic carbocycles. The van der Waals surface area contributed by atoms with Crippen LogP contribution in [-0.2, 0) is 18.4 Å². The average molecular weight is 315 g/mol. The van der Waals surface area contributed by atoms with Gasteiger partial charge in [0.1, 0.15) is 6.04 Å². The third kappa shape index (κ3) is 5.59. The molecule has 0 aromatic heterocycles. The fraction of sp³-hybridized carbons (Fsp3) is 0.500. The summed E-state index contributed by atoms with van der Waals surface area (Å²) in [6, 6.07) is 6.16. The Balaban J connectivity index is 2.81. The van der Waals surface area contributed by atoms with Crippen molar-refractivity contribution in [3.8, 4) is 0 Å². The first kappa shape index (κ1) is 17.9. The zero-order valence-corrected chi connectivity index (χ0v) is 13.4. The Kier molecular flexibility index (Phi) is 7.05. The number of carboxylic acid groups (broad SMARTS) is 1. The third-order valence-corrected chi connectivity index (χ3v) is 4.67. The van der Waals surface area contributed by atoms with E-state index in [0.717, 1.165) is 5.56 Å². The van der Waals surface area contributed by atoms with E-state index in [4.69, 9.17) is 9.05 Å². The first-order valence-electron chi connectivity index (χ1n) is 6.82. The molecule has 0 aliphatic heterocycles. The molecule has 2 N–H and O–H groups in total.